The summed E-state index contributed by atoms with van der Waals surface area (Å²) in [6.45, 7) is -2.01. The Balaban J connectivity index is 1.78. The Morgan fingerprint density at radius 2 is 1.71 bits per heavy atom. The second kappa shape index (κ2) is 3.41. The maximum atomic E-state index is 12.1. The molecule has 2 aliphatic rings. The molecule has 0 aliphatic carbocycles. The van der Waals surface area contributed by atoms with E-state index in [0.29, 0.717) is 13.1 Å². The van der Waals surface area contributed by atoms with Crippen molar-refractivity contribution in [3.63, 3.8) is 0 Å². The molecule has 2 aliphatic heterocycles. The lowest BCUT2D eigenvalue weighted by Gasteiger charge is -2.48. The molecule has 6 heteroatoms. The first kappa shape index (κ1) is 10.3. The van der Waals surface area contributed by atoms with Crippen LogP contribution in [0, 0.1) is 5.41 Å². The third kappa shape index (κ3) is 2.23. The fourth-order valence-corrected chi connectivity index (χ4v) is 2.18. The van der Waals surface area contributed by atoms with Crippen LogP contribution >= 0.6 is 0 Å². The molecule has 0 aromatic rings. The van der Waals surface area contributed by atoms with Crippen molar-refractivity contribution in [2.75, 3.05) is 32.7 Å². The van der Waals surface area contributed by atoms with Crippen molar-refractivity contribution in [3.8, 4) is 0 Å². The summed E-state index contributed by atoms with van der Waals surface area (Å²) in [4.78, 5) is 1.52. The summed E-state index contributed by atoms with van der Waals surface area (Å²) in [5.74, 6) is 0. The van der Waals surface area contributed by atoms with E-state index in [1.165, 1.54) is 4.90 Å². The van der Waals surface area contributed by atoms with Crippen LogP contribution in [0.2, 0.25) is 0 Å². The lowest BCUT2D eigenvalue weighted by molar-refractivity contribution is -0.138. The fourth-order valence-electron chi connectivity index (χ4n) is 2.18. The van der Waals surface area contributed by atoms with E-state index in [2.05, 4.69) is 0 Å². The fraction of sp³-hybridized carbons (Fsp3) is 1.00. The minimum absolute atomic E-state index is 0.231. The van der Waals surface area contributed by atoms with Gasteiger partial charge in [-0.15, -0.1) is 0 Å². The topological polar surface area (TPSA) is 12.5 Å². The van der Waals surface area contributed by atoms with Gasteiger partial charge in [-0.2, -0.15) is 0 Å². The van der Waals surface area contributed by atoms with Gasteiger partial charge in [0, 0.05) is 5.41 Å². The Bertz CT molecular complexity index is 207. The maximum absolute atomic E-state index is 12.1. The zero-order chi connectivity index (χ0) is 10.2. The average molecular weight is 208 g/mol. The predicted octanol–water partition coefficient (Wildman–Crippen LogP) is 1.49. The molecule has 0 bridgehead atoms. The standard InChI is InChI=1S/C8H14BF3NO/c10-9(11,12)7-13-3-1-8(2-4-13)5-14-6-8/h1-7H2/q-1. The van der Waals surface area contributed by atoms with Crippen LogP contribution in [0.1, 0.15) is 12.8 Å². The van der Waals surface area contributed by atoms with Crippen molar-refractivity contribution in [2.45, 2.75) is 12.8 Å². The van der Waals surface area contributed by atoms with E-state index >= 15 is 0 Å². The number of hydrogen-bond donors (Lipinski definition) is 0. The monoisotopic (exact) mass is 208 g/mol. The molecule has 0 N–H and O–H groups in total. The van der Waals surface area contributed by atoms with E-state index in [0.717, 1.165) is 26.1 Å². The number of halogens is 3. The first-order chi connectivity index (χ1) is 6.49. The Morgan fingerprint density at radius 3 is 2.07 bits per heavy atom. The van der Waals surface area contributed by atoms with Gasteiger partial charge in [-0.1, -0.05) is 0 Å². The summed E-state index contributed by atoms with van der Waals surface area (Å²) >= 11 is 0. The Hall–Kier alpha value is -0.225. The summed E-state index contributed by atoms with van der Waals surface area (Å²) in [5, 5.41) is 0. The van der Waals surface area contributed by atoms with Crippen LogP contribution in [0.3, 0.4) is 0 Å². The molecule has 2 rings (SSSR count). The van der Waals surface area contributed by atoms with Gasteiger partial charge in [0.2, 0.25) is 0 Å². The second-order valence-corrected chi connectivity index (χ2v) is 4.50. The van der Waals surface area contributed by atoms with Crippen LogP contribution in [-0.2, 0) is 4.74 Å². The molecule has 0 saturated carbocycles. The van der Waals surface area contributed by atoms with Gasteiger partial charge in [0.1, 0.15) is 0 Å². The first-order valence-electron chi connectivity index (χ1n) is 5.00. The van der Waals surface area contributed by atoms with Gasteiger partial charge in [-0.05, 0) is 32.4 Å². The molecule has 0 aromatic heterocycles. The van der Waals surface area contributed by atoms with Crippen LogP contribution in [0.15, 0.2) is 0 Å². The van der Waals surface area contributed by atoms with Gasteiger partial charge >= 0.3 is 6.98 Å². The summed E-state index contributed by atoms with van der Waals surface area (Å²) in [7, 11) is 0. The van der Waals surface area contributed by atoms with Crippen molar-refractivity contribution in [1.29, 1.82) is 0 Å². The third-order valence-corrected chi connectivity index (χ3v) is 3.20. The number of likely N-dealkylation sites (tertiary alicyclic amines) is 1. The lowest BCUT2D eigenvalue weighted by atomic mass is 9.76. The molecule has 2 saturated heterocycles. The molecule has 2 fully saturated rings. The van der Waals surface area contributed by atoms with Crippen molar-refractivity contribution >= 4 is 6.98 Å². The molecule has 0 unspecified atom stereocenters. The highest BCUT2D eigenvalue weighted by atomic mass is 19.4. The smallest absolute Gasteiger partial charge is 0.448 e. The van der Waals surface area contributed by atoms with Gasteiger partial charge in [0.15, 0.2) is 0 Å². The van der Waals surface area contributed by atoms with Crippen LogP contribution in [-0.4, -0.2) is 44.6 Å². The molecule has 0 aromatic carbocycles. The molecule has 0 atom stereocenters. The quantitative estimate of drug-likeness (QED) is 0.637. The molecule has 2 heterocycles. The molecular weight excluding hydrogens is 194 g/mol. The van der Waals surface area contributed by atoms with Gasteiger partial charge in [0.25, 0.3) is 0 Å². The predicted molar refractivity (Wildman–Crippen MR) is 48.0 cm³/mol. The van der Waals surface area contributed by atoms with Gasteiger partial charge in [-0.25, -0.2) is 0 Å². The van der Waals surface area contributed by atoms with Crippen molar-refractivity contribution in [3.05, 3.63) is 0 Å². The molecule has 82 valence electrons. The van der Waals surface area contributed by atoms with Gasteiger partial charge in [0.05, 0.1) is 13.2 Å². The highest BCUT2D eigenvalue weighted by molar-refractivity contribution is 6.58. The molecule has 0 radical (unpaired) electrons. The van der Waals surface area contributed by atoms with Crippen LogP contribution in [0.5, 0.6) is 0 Å². The zero-order valence-corrected chi connectivity index (χ0v) is 8.02. The van der Waals surface area contributed by atoms with Gasteiger partial charge in [-0.3, -0.25) is 0 Å². The average Bonchev–Trinajstić information content (AvgIpc) is 2.00. The largest absolute Gasteiger partial charge is 0.492 e. The van der Waals surface area contributed by atoms with Crippen LogP contribution in [0.4, 0.5) is 12.9 Å². The minimum atomic E-state index is -4.66. The van der Waals surface area contributed by atoms with E-state index in [4.69, 9.17) is 4.74 Å². The number of rotatable bonds is 2. The summed E-state index contributed by atoms with van der Waals surface area (Å²) in [5.41, 5.74) is 0.231. The summed E-state index contributed by atoms with van der Waals surface area (Å²) in [6.07, 6.45) is 1.02. The van der Waals surface area contributed by atoms with E-state index in [1.54, 1.807) is 0 Å². The normalized spacial score (nSPS) is 27.6. The van der Waals surface area contributed by atoms with Gasteiger partial charge < -0.3 is 22.6 Å². The number of nitrogens with zero attached hydrogens (tertiary/aromatic N) is 1. The molecule has 2 nitrogen and oxygen atoms in total. The molecule has 0 amide bonds. The SMILES string of the molecule is F[B-](F)(F)CN1CCC2(CC1)COC2. The van der Waals surface area contributed by atoms with Crippen molar-refractivity contribution in [2.24, 2.45) is 5.41 Å². The summed E-state index contributed by atoms with van der Waals surface area (Å²) in [6, 6.07) is 0. The number of hydrogen-bond acceptors (Lipinski definition) is 2. The second-order valence-electron chi connectivity index (χ2n) is 4.50. The van der Waals surface area contributed by atoms with Crippen molar-refractivity contribution in [1.82, 2.24) is 4.90 Å². The van der Waals surface area contributed by atoms with Crippen molar-refractivity contribution < 1.29 is 17.7 Å². The van der Waals surface area contributed by atoms with E-state index in [1.807, 2.05) is 0 Å². The Kier molecular flexibility index (Phi) is 2.51. The number of ether oxygens (including phenoxy) is 1. The number of piperidine rings is 1. The maximum Gasteiger partial charge on any atom is 0.492 e. The molecule has 1 spiro atoms. The third-order valence-electron chi connectivity index (χ3n) is 3.20. The minimum Gasteiger partial charge on any atom is -0.448 e. The van der Waals surface area contributed by atoms with E-state index in [9.17, 15) is 12.9 Å². The van der Waals surface area contributed by atoms with Crippen LogP contribution < -0.4 is 0 Å². The lowest BCUT2D eigenvalue weighted by Crippen LogP contribution is -2.52. The zero-order valence-electron chi connectivity index (χ0n) is 8.02. The van der Waals surface area contributed by atoms with E-state index < -0.39 is 13.4 Å². The molecular formula is C8H14BF3NO-. The van der Waals surface area contributed by atoms with E-state index in [-0.39, 0.29) is 5.41 Å². The Morgan fingerprint density at radius 1 is 1.14 bits per heavy atom. The highest BCUT2D eigenvalue weighted by Gasteiger charge is 2.41. The molecule has 14 heavy (non-hydrogen) atoms. The Labute approximate surface area is 81.5 Å². The summed E-state index contributed by atoms with van der Waals surface area (Å²) < 4.78 is 41.5. The first-order valence-corrected chi connectivity index (χ1v) is 5.00. The van der Waals surface area contributed by atoms with Crippen LogP contribution in [0.25, 0.3) is 0 Å². The highest BCUT2D eigenvalue weighted by Crippen LogP contribution is 2.38.